The third-order valence-corrected chi connectivity index (χ3v) is 2.17. The minimum atomic E-state index is -0.276. The number of fused-ring (bicyclic) bond motifs is 1. The molecule has 2 aromatic heterocycles. The van der Waals surface area contributed by atoms with Crippen LogP contribution in [0, 0.1) is 0 Å². The van der Waals surface area contributed by atoms with E-state index in [9.17, 15) is 4.79 Å². The number of aromatic nitrogens is 4. The van der Waals surface area contributed by atoms with E-state index in [-0.39, 0.29) is 5.69 Å². The molecule has 0 saturated heterocycles. The first-order valence-corrected chi connectivity index (χ1v) is 5.18. The largest absolute Gasteiger partial charge is 0.369 e. The number of hydrogen-bond donors (Lipinski definition) is 3. The fraction of sp³-hybridized carbons (Fsp3) is 0.444. The van der Waals surface area contributed by atoms with Gasteiger partial charge in [-0.2, -0.15) is 5.10 Å². The molecule has 7 nitrogen and oxygen atoms in total. The summed E-state index contributed by atoms with van der Waals surface area (Å²) < 4.78 is 1.36. The summed E-state index contributed by atoms with van der Waals surface area (Å²) in [5.41, 5.74) is 0.285. The molecule has 0 aliphatic heterocycles. The molecule has 0 radical (unpaired) electrons. The fourth-order valence-corrected chi connectivity index (χ4v) is 1.36. The van der Waals surface area contributed by atoms with Crippen LogP contribution in [-0.4, -0.2) is 39.2 Å². The molecular weight excluding hydrogens is 208 g/mol. The van der Waals surface area contributed by atoms with Crippen molar-refractivity contribution in [2.45, 2.75) is 6.92 Å². The third-order valence-electron chi connectivity index (χ3n) is 2.17. The van der Waals surface area contributed by atoms with Gasteiger partial charge in [-0.05, 0) is 6.54 Å². The molecule has 0 aromatic carbocycles. The predicted molar refractivity (Wildman–Crippen MR) is 60.6 cm³/mol. The molecule has 0 aliphatic rings. The molecule has 3 N–H and O–H groups in total. The Morgan fingerprint density at radius 1 is 1.50 bits per heavy atom. The van der Waals surface area contributed by atoms with Gasteiger partial charge >= 0.3 is 5.69 Å². The van der Waals surface area contributed by atoms with E-state index in [4.69, 9.17) is 0 Å². The van der Waals surface area contributed by atoms with Crippen LogP contribution in [0.1, 0.15) is 6.92 Å². The van der Waals surface area contributed by atoms with Gasteiger partial charge in [-0.1, -0.05) is 6.92 Å². The highest BCUT2D eigenvalue weighted by atomic mass is 16.1. The lowest BCUT2D eigenvalue weighted by molar-refractivity contribution is 0.737. The topological polar surface area (TPSA) is 87.1 Å². The highest BCUT2D eigenvalue weighted by molar-refractivity contribution is 5.48. The quantitative estimate of drug-likeness (QED) is 0.590. The molecule has 0 atom stereocenters. The summed E-state index contributed by atoms with van der Waals surface area (Å²) in [6.45, 7) is 4.66. The maximum Gasteiger partial charge on any atom is 0.348 e. The zero-order chi connectivity index (χ0) is 11.4. The van der Waals surface area contributed by atoms with Crippen molar-refractivity contribution >= 4 is 11.5 Å². The van der Waals surface area contributed by atoms with Crippen LogP contribution in [0.2, 0.25) is 0 Å². The van der Waals surface area contributed by atoms with Crippen LogP contribution in [0.25, 0.3) is 5.65 Å². The van der Waals surface area contributed by atoms with Crippen LogP contribution in [0.3, 0.4) is 0 Å². The van der Waals surface area contributed by atoms with E-state index in [0.717, 1.165) is 19.6 Å². The summed E-state index contributed by atoms with van der Waals surface area (Å²) >= 11 is 0. The van der Waals surface area contributed by atoms with E-state index >= 15 is 0 Å². The Bertz CT molecular complexity index is 516. The average Bonchev–Trinajstić information content (AvgIpc) is 2.66. The molecule has 0 unspecified atom stereocenters. The van der Waals surface area contributed by atoms with Gasteiger partial charge in [-0.15, -0.1) is 0 Å². The maximum atomic E-state index is 11.2. The summed E-state index contributed by atoms with van der Waals surface area (Å²) in [6, 6.07) is 1.73. The Hall–Kier alpha value is -1.89. The smallest absolute Gasteiger partial charge is 0.348 e. The van der Waals surface area contributed by atoms with E-state index in [1.807, 2.05) is 0 Å². The Morgan fingerprint density at radius 2 is 2.38 bits per heavy atom. The van der Waals surface area contributed by atoms with Crippen molar-refractivity contribution < 1.29 is 0 Å². The lowest BCUT2D eigenvalue weighted by atomic mass is 10.5. The highest BCUT2D eigenvalue weighted by Crippen LogP contribution is 2.02. The zero-order valence-corrected chi connectivity index (χ0v) is 9.03. The molecule has 16 heavy (non-hydrogen) atoms. The van der Waals surface area contributed by atoms with E-state index in [0.29, 0.717) is 11.5 Å². The Morgan fingerprint density at radius 3 is 3.19 bits per heavy atom. The van der Waals surface area contributed by atoms with E-state index < -0.39 is 0 Å². The van der Waals surface area contributed by atoms with Crippen LogP contribution < -0.4 is 16.3 Å². The van der Waals surface area contributed by atoms with Crippen molar-refractivity contribution in [3.05, 3.63) is 22.9 Å². The van der Waals surface area contributed by atoms with E-state index in [2.05, 4.69) is 32.7 Å². The molecular formula is C9H14N6O. The van der Waals surface area contributed by atoms with Crippen molar-refractivity contribution in [3.8, 4) is 0 Å². The SMILES string of the molecule is CCNCCNc1cc2n[nH]c(=O)n2cn1. The summed E-state index contributed by atoms with van der Waals surface area (Å²) in [4.78, 5) is 15.3. The van der Waals surface area contributed by atoms with Crippen molar-refractivity contribution in [2.75, 3.05) is 25.0 Å². The first kappa shape index (κ1) is 10.6. The fourth-order valence-electron chi connectivity index (χ4n) is 1.36. The van der Waals surface area contributed by atoms with Gasteiger partial charge < -0.3 is 10.6 Å². The Labute approximate surface area is 91.9 Å². The van der Waals surface area contributed by atoms with Gasteiger partial charge in [0.05, 0.1) is 0 Å². The lowest BCUT2D eigenvalue weighted by Crippen LogP contribution is -2.22. The molecule has 7 heteroatoms. The summed E-state index contributed by atoms with van der Waals surface area (Å²) in [7, 11) is 0. The van der Waals surface area contributed by atoms with Crippen molar-refractivity contribution in [2.24, 2.45) is 0 Å². The number of nitrogens with zero attached hydrogens (tertiary/aromatic N) is 3. The second kappa shape index (κ2) is 4.75. The van der Waals surface area contributed by atoms with Gasteiger partial charge in [0.15, 0.2) is 5.65 Å². The number of anilines is 1. The number of rotatable bonds is 5. The van der Waals surface area contributed by atoms with Gasteiger partial charge in [0.25, 0.3) is 0 Å². The van der Waals surface area contributed by atoms with Gasteiger partial charge in [0.1, 0.15) is 12.1 Å². The number of aromatic amines is 1. The second-order valence-corrected chi connectivity index (χ2v) is 3.31. The minimum Gasteiger partial charge on any atom is -0.369 e. The molecule has 2 rings (SSSR count). The average molecular weight is 222 g/mol. The predicted octanol–water partition coefficient (Wildman–Crippen LogP) is -0.561. The first-order valence-electron chi connectivity index (χ1n) is 5.18. The van der Waals surface area contributed by atoms with Crippen molar-refractivity contribution in [1.29, 1.82) is 0 Å². The molecule has 86 valence electrons. The third kappa shape index (κ3) is 2.19. The van der Waals surface area contributed by atoms with Crippen molar-refractivity contribution in [3.63, 3.8) is 0 Å². The molecule has 2 heterocycles. The number of nitrogens with one attached hydrogen (secondary N) is 3. The van der Waals surface area contributed by atoms with E-state index in [1.165, 1.54) is 10.7 Å². The molecule has 0 saturated carbocycles. The van der Waals surface area contributed by atoms with E-state index in [1.54, 1.807) is 6.07 Å². The minimum absolute atomic E-state index is 0.276. The van der Waals surface area contributed by atoms with Crippen LogP contribution in [0.15, 0.2) is 17.2 Å². The van der Waals surface area contributed by atoms with Crippen LogP contribution in [0.5, 0.6) is 0 Å². The zero-order valence-electron chi connectivity index (χ0n) is 9.03. The molecule has 0 aliphatic carbocycles. The molecule has 0 spiro atoms. The Kier molecular flexibility index (Phi) is 3.16. The standard InChI is InChI=1S/C9H14N6O/c1-2-10-3-4-11-7-5-8-13-14-9(16)15(8)6-12-7/h5-6,10-11H,2-4H2,1H3,(H,14,16). The van der Waals surface area contributed by atoms with Gasteiger partial charge in [0.2, 0.25) is 0 Å². The van der Waals surface area contributed by atoms with Crippen LogP contribution >= 0.6 is 0 Å². The number of likely N-dealkylation sites (N-methyl/N-ethyl adjacent to an activating group) is 1. The summed E-state index contributed by atoms with van der Waals surface area (Å²) in [5.74, 6) is 0.712. The molecule has 0 amide bonds. The summed E-state index contributed by atoms with van der Waals surface area (Å²) in [6.07, 6.45) is 1.46. The molecule has 2 aromatic rings. The van der Waals surface area contributed by atoms with Gasteiger partial charge in [-0.25, -0.2) is 19.3 Å². The Balaban J connectivity index is 2.05. The highest BCUT2D eigenvalue weighted by Gasteiger charge is 2.01. The monoisotopic (exact) mass is 222 g/mol. The second-order valence-electron chi connectivity index (χ2n) is 3.31. The van der Waals surface area contributed by atoms with Crippen LogP contribution in [0.4, 0.5) is 5.82 Å². The number of H-pyrrole nitrogens is 1. The number of hydrogen-bond acceptors (Lipinski definition) is 5. The van der Waals surface area contributed by atoms with Crippen LogP contribution in [-0.2, 0) is 0 Å². The molecule has 0 bridgehead atoms. The van der Waals surface area contributed by atoms with Crippen molar-refractivity contribution in [1.82, 2.24) is 24.9 Å². The first-order chi connectivity index (χ1) is 7.81. The molecule has 0 fully saturated rings. The van der Waals surface area contributed by atoms with Gasteiger partial charge in [0, 0.05) is 19.2 Å². The lowest BCUT2D eigenvalue weighted by Gasteiger charge is -2.05. The van der Waals surface area contributed by atoms with Gasteiger partial charge in [-0.3, -0.25) is 0 Å². The maximum absolute atomic E-state index is 11.2. The summed E-state index contributed by atoms with van der Waals surface area (Å²) in [5, 5.41) is 12.5. The normalized spacial score (nSPS) is 10.8.